The lowest BCUT2D eigenvalue weighted by atomic mass is 9.89. The summed E-state index contributed by atoms with van der Waals surface area (Å²) in [5, 5.41) is 12.3. The number of amides is 1. The molecule has 1 aliphatic carbocycles. The van der Waals surface area contributed by atoms with Crippen molar-refractivity contribution in [2.24, 2.45) is 0 Å². The minimum atomic E-state index is -0.369. The number of ether oxygens (including phenoxy) is 1. The second-order valence-corrected chi connectivity index (χ2v) is 8.72. The van der Waals surface area contributed by atoms with Gasteiger partial charge in [-0.25, -0.2) is 9.47 Å². The molecular formula is C18H25N5O3S2. The van der Waals surface area contributed by atoms with Gasteiger partial charge in [-0.2, -0.15) is 0 Å². The molecule has 1 amide bonds. The first-order valence-electron chi connectivity index (χ1n) is 9.40. The molecule has 0 atom stereocenters. The van der Waals surface area contributed by atoms with Crippen LogP contribution in [0.2, 0.25) is 0 Å². The highest BCUT2D eigenvalue weighted by atomic mass is 32.2. The van der Waals surface area contributed by atoms with E-state index in [9.17, 15) is 9.59 Å². The van der Waals surface area contributed by atoms with Gasteiger partial charge in [0.05, 0.1) is 17.4 Å². The Hall–Kier alpha value is -2.07. The number of hydrogen-bond donors (Lipinski definition) is 2. The normalized spacial score (nSPS) is 14.8. The molecule has 8 nitrogen and oxygen atoms in total. The number of aromatic nitrogens is 3. The van der Waals surface area contributed by atoms with Crippen LogP contribution in [0.3, 0.4) is 0 Å². The van der Waals surface area contributed by atoms with Crippen molar-refractivity contribution in [2.75, 3.05) is 23.5 Å². The van der Waals surface area contributed by atoms with E-state index in [0.717, 1.165) is 24.2 Å². The third-order valence-electron chi connectivity index (χ3n) is 4.63. The molecule has 0 saturated heterocycles. The molecular weight excluding hydrogens is 398 g/mol. The molecule has 152 valence electrons. The van der Waals surface area contributed by atoms with Crippen molar-refractivity contribution in [1.29, 1.82) is 0 Å². The molecule has 0 aliphatic heterocycles. The fourth-order valence-corrected chi connectivity index (χ4v) is 4.92. The number of carbonyl (C=O) groups is 2. The highest BCUT2D eigenvalue weighted by Crippen LogP contribution is 2.32. The van der Waals surface area contributed by atoms with E-state index in [0.29, 0.717) is 27.6 Å². The lowest BCUT2D eigenvalue weighted by Gasteiger charge is -2.20. The second kappa shape index (κ2) is 9.42. The van der Waals surface area contributed by atoms with Crippen LogP contribution in [0.4, 0.5) is 5.00 Å². The predicted octanol–water partition coefficient (Wildman–Crippen LogP) is 3.32. The molecule has 3 rings (SSSR count). The maximum Gasteiger partial charge on any atom is 0.348 e. The first kappa shape index (κ1) is 20.7. The van der Waals surface area contributed by atoms with Crippen molar-refractivity contribution in [3.63, 3.8) is 0 Å². The Morgan fingerprint density at radius 1 is 1.36 bits per heavy atom. The fraction of sp³-hybridized carbons (Fsp3) is 0.556. The van der Waals surface area contributed by atoms with E-state index in [2.05, 4.69) is 15.5 Å². The van der Waals surface area contributed by atoms with Crippen LogP contribution in [-0.4, -0.2) is 39.1 Å². The maximum absolute atomic E-state index is 12.3. The number of nitrogen functional groups attached to an aromatic ring is 1. The minimum Gasteiger partial charge on any atom is -0.462 e. The van der Waals surface area contributed by atoms with Crippen LogP contribution >= 0.6 is 23.1 Å². The van der Waals surface area contributed by atoms with E-state index in [1.165, 1.54) is 47.0 Å². The number of nitrogens with one attached hydrogen (secondary N) is 1. The first-order valence-corrected chi connectivity index (χ1v) is 11.2. The summed E-state index contributed by atoms with van der Waals surface area (Å²) in [5.41, 5.74) is 0.783. The number of hydrogen-bond acceptors (Lipinski definition) is 8. The lowest BCUT2D eigenvalue weighted by Crippen LogP contribution is -2.19. The average Bonchev–Trinajstić information content (AvgIpc) is 3.23. The summed E-state index contributed by atoms with van der Waals surface area (Å²) in [7, 11) is 0. The van der Waals surface area contributed by atoms with Gasteiger partial charge in [0.1, 0.15) is 4.88 Å². The molecule has 0 unspecified atom stereocenters. The highest BCUT2D eigenvalue weighted by molar-refractivity contribution is 7.99. The van der Waals surface area contributed by atoms with Crippen molar-refractivity contribution in [3.05, 3.63) is 22.3 Å². The molecule has 0 bridgehead atoms. The van der Waals surface area contributed by atoms with Gasteiger partial charge in [0.25, 0.3) is 0 Å². The Morgan fingerprint density at radius 3 is 2.82 bits per heavy atom. The predicted molar refractivity (Wildman–Crippen MR) is 110 cm³/mol. The summed E-state index contributed by atoms with van der Waals surface area (Å²) in [6, 6.07) is 1.77. The van der Waals surface area contributed by atoms with Crippen LogP contribution in [-0.2, 0) is 9.53 Å². The quantitative estimate of drug-likeness (QED) is 0.399. The zero-order valence-corrected chi connectivity index (χ0v) is 17.7. The smallest absolute Gasteiger partial charge is 0.348 e. The largest absolute Gasteiger partial charge is 0.462 e. The van der Waals surface area contributed by atoms with Crippen molar-refractivity contribution in [1.82, 2.24) is 14.9 Å². The van der Waals surface area contributed by atoms with E-state index in [1.54, 1.807) is 13.0 Å². The van der Waals surface area contributed by atoms with Gasteiger partial charge in [0.15, 0.2) is 5.82 Å². The number of carbonyl (C=O) groups excluding carboxylic acids is 2. The van der Waals surface area contributed by atoms with E-state index < -0.39 is 0 Å². The van der Waals surface area contributed by atoms with Gasteiger partial charge in [-0.1, -0.05) is 31.0 Å². The first-order chi connectivity index (χ1) is 13.5. The van der Waals surface area contributed by atoms with Crippen molar-refractivity contribution >= 4 is 40.0 Å². The Labute approximate surface area is 172 Å². The zero-order valence-electron chi connectivity index (χ0n) is 16.1. The van der Waals surface area contributed by atoms with Gasteiger partial charge in [-0.15, -0.1) is 21.5 Å². The molecule has 28 heavy (non-hydrogen) atoms. The minimum absolute atomic E-state index is 0.158. The number of aryl methyl sites for hydroxylation is 1. The molecule has 0 aromatic carbocycles. The Morgan fingerprint density at radius 2 is 2.11 bits per heavy atom. The van der Waals surface area contributed by atoms with Crippen LogP contribution in [0, 0.1) is 6.92 Å². The zero-order chi connectivity index (χ0) is 20.1. The van der Waals surface area contributed by atoms with Gasteiger partial charge in [0.2, 0.25) is 11.1 Å². The number of nitrogens with zero attached hydrogens (tertiary/aromatic N) is 3. The molecule has 0 spiro atoms. The summed E-state index contributed by atoms with van der Waals surface area (Å²) < 4.78 is 6.54. The molecule has 10 heteroatoms. The Kier molecular flexibility index (Phi) is 6.95. The standard InChI is InChI=1S/C18H25N5O3S2/c1-3-26-17(25)15-11(2)9-14(28-15)20-13(24)10-27-18-22-21-16(23(18)19)12-7-5-4-6-8-12/h9,12H,3-8,10,19H2,1-2H3,(H,20,24). The fourth-order valence-electron chi connectivity index (χ4n) is 3.27. The van der Waals surface area contributed by atoms with Crippen LogP contribution in [0.15, 0.2) is 11.2 Å². The SMILES string of the molecule is CCOC(=O)c1sc(NC(=O)CSc2nnc(C3CCCCC3)n2N)cc1C. The molecule has 1 aliphatic rings. The van der Waals surface area contributed by atoms with E-state index >= 15 is 0 Å². The van der Waals surface area contributed by atoms with Gasteiger partial charge in [-0.05, 0) is 38.3 Å². The summed E-state index contributed by atoms with van der Waals surface area (Å²) >= 11 is 2.46. The van der Waals surface area contributed by atoms with Gasteiger partial charge in [-0.3, -0.25) is 4.79 Å². The third kappa shape index (κ3) is 4.85. The third-order valence-corrected chi connectivity index (χ3v) is 6.71. The number of esters is 1. The molecule has 1 fully saturated rings. The molecule has 1 saturated carbocycles. The number of thiophene rings is 1. The Bertz CT molecular complexity index is 842. The molecule has 2 aromatic heterocycles. The van der Waals surface area contributed by atoms with Crippen LogP contribution < -0.4 is 11.2 Å². The van der Waals surface area contributed by atoms with Crippen molar-refractivity contribution in [3.8, 4) is 0 Å². The van der Waals surface area contributed by atoms with Crippen LogP contribution in [0.25, 0.3) is 0 Å². The topological polar surface area (TPSA) is 112 Å². The van der Waals surface area contributed by atoms with Crippen LogP contribution in [0.1, 0.15) is 66.0 Å². The van der Waals surface area contributed by atoms with E-state index in [1.807, 2.05) is 6.92 Å². The summed E-state index contributed by atoms with van der Waals surface area (Å²) in [6.45, 7) is 3.89. The van der Waals surface area contributed by atoms with Crippen molar-refractivity contribution < 1.29 is 14.3 Å². The number of thioether (sulfide) groups is 1. The molecule has 3 N–H and O–H groups in total. The van der Waals surface area contributed by atoms with Crippen LogP contribution in [0.5, 0.6) is 0 Å². The lowest BCUT2D eigenvalue weighted by molar-refractivity contribution is -0.113. The average molecular weight is 424 g/mol. The van der Waals surface area contributed by atoms with Gasteiger partial charge in [0, 0.05) is 5.92 Å². The summed E-state index contributed by atoms with van der Waals surface area (Å²) in [5.74, 6) is 6.90. The van der Waals surface area contributed by atoms with Gasteiger partial charge < -0.3 is 15.9 Å². The molecule has 0 radical (unpaired) electrons. The van der Waals surface area contributed by atoms with Gasteiger partial charge >= 0.3 is 5.97 Å². The number of nitrogens with two attached hydrogens (primary N) is 1. The molecule has 2 heterocycles. The van der Waals surface area contributed by atoms with Crippen molar-refractivity contribution in [2.45, 2.75) is 57.0 Å². The number of rotatable bonds is 7. The van der Waals surface area contributed by atoms with E-state index in [-0.39, 0.29) is 17.6 Å². The number of anilines is 1. The Balaban J connectivity index is 1.55. The molecule has 2 aromatic rings. The summed E-state index contributed by atoms with van der Waals surface area (Å²) in [6.07, 6.45) is 5.81. The van der Waals surface area contributed by atoms with E-state index in [4.69, 9.17) is 10.6 Å². The summed E-state index contributed by atoms with van der Waals surface area (Å²) in [4.78, 5) is 24.7. The second-order valence-electron chi connectivity index (χ2n) is 6.73. The highest BCUT2D eigenvalue weighted by Gasteiger charge is 2.23. The monoisotopic (exact) mass is 423 g/mol. The maximum atomic E-state index is 12.3.